The zero-order valence-electron chi connectivity index (χ0n) is 18.9. The number of halogens is 1. The maximum atomic E-state index is 13.6. The molecular weight excluding hydrogens is 431 g/mol. The Labute approximate surface area is 197 Å². The molecule has 0 radical (unpaired) electrons. The number of carbonyl (C=O) groups is 1. The van der Waals surface area contributed by atoms with Crippen LogP contribution in [0.5, 0.6) is 5.75 Å². The number of carbonyl (C=O) groups excluding carboxylic acids is 1. The van der Waals surface area contributed by atoms with Gasteiger partial charge in [-0.2, -0.15) is 5.10 Å². The molecule has 5 rings (SSSR count). The summed E-state index contributed by atoms with van der Waals surface area (Å²) in [6.07, 6.45) is 1.72. The molecule has 1 aliphatic heterocycles. The minimum Gasteiger partial charge on any atom is -0.506 e. The summed E-state index contributed by atoms with van der Waals surface area (Å²) in [5.41, 5.74) is 4.52. The molecule has 0 bridgehead atoms. The first-order valence-electron chi connectivity index (χ1n) is 11.2. The largest absolute Gasteiger partial charge is 0.506 e. The zero-order chi connectivity index (χ0) is 23.7. The molecule has 1 amide bonds. The molecule has 0 saturated carbocycles. The number of hydrogen-bond donors (Lipinski definition) is 1. The summed E-state index contributed by atoms with van der Waals surface area (Å²) in [4.78, 5) is 17.5. The van der Waals surface area contributed by atoms with Crippen molar-refractivity contribution in [2.75, 3.05) is 31.1 Å². The van der Waals surface area contributed by atoms with Gasteiger partial charge in [-0.05, 0) is 43.3 Å². The number of phenolic OH excluding ortho intramolecular Hbond substituents is 1. The van der Waals surface area contributed by atoms with Crippen molar-refractivity contribution < 1.29 is 14.3 Å². The van der Waals surface area contributed by atoms with Crippen LogP contribution >= 0.6 is 0 Å². The lowest BCUT2D eigenvalue weighted by atomic mass is 10.1. The lowest BCUT2D eigenvalue weighted by Crippen LogP contribution is -2.48. The van der Waals surface area contributed by atoms with Crippen LogP contribution < -0.4 is 4.90 Å². The van der Waals surface area contributed by atoms with Crippen LogP contribution in [0.25, 0.3) is 16.9 Å². The third-order valence-electron chi connectivity index (χ3n) is 6.15. The summed E-state index contributed by atoms with van der Waals surface area (Å²) in [5, 5.41) is 14.9. The molecule has 0 atom stereocenters. The van der Waals surface area contributed by atoms with Crippen molar-refractivity contribution in [1.29, 1.82) is 0 Å². The van der Waals surface area contributed by atoms with Crippen molar-refractivity contribution in [2.45, 2.75) is 6.92 Å². The number of anilines is 1. The van der Waals surface area contributed by atoms with Crippen LogP contribution in [0.1, 0.15) is 15.9 Å². The number of benzene rings is 3. The van der Waals surface area contributed by atoms with E-state index in [1.807, 2.05) is 48.2 Å². The number of aryl methyl sites for hydroxylation is 1. The molecule has 0 unspecified atom stereocenters. The normalized spacial score (nSPS) is 13.8. The van der Waals surface area contributed by atoms with Crippen LogP contribution in [-0.4, -0.2) is 51.9 Å². The lowest BCUT2D eigenvalue weighted by molar-refractivity contribution is 0.0747. The molecule has 0 spiro atoms. The van der Waals surface area contributed by atoms with E-state index in [4.69, 9.17) is 5.10 Å². The van der Waals surface area contributed by atoms with Gasteiger partial charge in [-0.1, -0.05) is 42.0 Å². The zero-order valence-corrected chi connectivity index (χ0v) is 18.9. The van der Waals surface area contributed by atoms with E-state index in [1.165, 1.54) is 12.1 Å². The molecule has 2 heterocycles. The van der Waals surface area contributed by atoms with Gasteiger partial charge < -0.3 is 14.9 Å². The van der Waals surface area contributed by atoms with Gasteiger partial charge in [0, 0.05) is 37.9 Å². The summed E-state index contributed by atoms with van der Waals surface area (Å²) >= 11 is 0. The Morgan fingerprint density at radius 2 is 1.59 bits per heavy atom. The van der Waals surface area contributed by atoms with Gasteiger partial charge in [0.2, 0.25) is 0 Å². The number of amides is 1. The summed E-state index contributed by atoms with van der Waals surface area (Å²) in [6, 6.07) is 21.2. The Hall–Kier alpha value is -4.13. The number of hydrogen-bond acceptors (Lipinski definition) is 4. The number of aromatic hydroxyl groups is 1. The van der Waals surface area contributed by atoms with Gasteiger partial charge in [0.15, 0.2) is 0 Å². The highest BCUT2D eigenvalue weighted by Crippen LogP contribution is 2.29. The maximum absolute atomic E-state index is 13.6. The van der Waals surface area contributed by atoms with E-state index in [2.05, 4.69) is 4.90 Å². The molecule has 1 N–H and O–H groups in total. The molecule has 1 aliphatic rings. The molecule has 1 saturated heterocycles. The highest BCUT2D eigenvalue weighted by atomic mass is 19.1. The standard InChI is InChI=1S/C27H25FN4O2/c1-19-6-8-20(9-7-19)26-23(18-32(29-26)22-12-10-21(28)11-13-22)27(34)31-16-14-30(15-17-31)24-4-2-3-5-25(24)33/h2-13,18,33H,14-17H2,1H3. The Morgan fingerprint density at radius 1 is 0.912 bits per heavy atom. The molecule has 7 heteroatoms. The Morgan fingerprint density at radius 3 is 2.26 bits per heavy atom. The molecular formula is C27H25FN4O2. The number of rotatable bonds is 4. The van der Waals surface area contributed by atoms with Gasteiger partial charge in [0.05, 0.1) is 16.9 Å². The van der Waals surface area contributed by atoms with E-state index in [9.17, 15) is 14.3 Å². The quantitative estimate of drug-likeness (QED) is 0.486. The fourth-order valence-electron chi connectivity index (χ4n) is 4.23. The number of aromatic nitrogens is 2. The predicted molar refractivity (Wildman–Crippen MR) is 130 cm³/mol. The first-order valence-corrected chi connectivity index (χ1v) is 11.2. The second-order valence-electron chi connectivity index (χ2n) is 8.45. The molecule has 6 nitrogen and oxygen atoms in total. The van der Waals surface area contributed by atoms with E-state index in [0.29, 0.717) is 43.1 Å². The number of phenols is 1. The smallest absolute Gasteiger partial charge is 0.257 e. The van der Waals surface area contributed by atoms with Crippen LogP contribution in [-0.2, 0) is 0 Å². The predicted octanol–water partition coefficient (Wildman–Crippen LogP) is 4.65. The SMILES string of the molecule is Cc1ccc(-c2nn(-c3ccc(F)cc3)cc2C(=O)N2CCN(c3ccccc3O)CC2)cc1. The second-order valence-corrected chi connectivity index (χ2v) is 8.45. The third-order valence-corrected chi connectivity index (χ3v) is 6.15. The van der Waals surface area contributed by atoms with E-state index in [-0.39, 0.29) is 17.5 Å². The Kier molecular flexibility index (Phi) is 5.76. The molecule has 4 aromatic rings. The molecule has 0 aliphatic carbocycles. The van der Waals surface area contributed by atoms with E-state index >= 15 is 0 Å². The van der Waals surface area contributed by atoms with Crippen LogP contribution in [0, 0.1) is 12.7 Å². The van der Waals surface area contributed by atoms with Crippen molar-refractivity contribution in [2.24, 2.45) is 0 Å². The molecule has 1 aromatic heterocycles. The van der Waals surface area contributed by atoms with Crippen LogP contribution in [0.3, 0.4) is 0 Å². The number of piperazine rings is 1. The van der Waals surface area contributed by atoms with Crippen molar-refractivity contribution in [3.63, 3.8) is 0 Å². The first-order chi connectivity index (χ1) is 16.5. The average molecular weight is 457 g/mol. The maximum Gasteiger partial charge on any atom is 0.257 e. The van der Waals surface area contributed by atoms with Crippen LogP contribution in [0.15, 0.2) is 79.0 Å². The minimum atomic E-state index is -0.326. The van der Waals surface area contributed by atoms with Crippen molar-refractivity contribution >= 4 is 11.6 Å². The molecule has 3 aromatic carbocycles. The van der Waals surface area contributed by atoms with Crippen LogP contribution in [0.2, 0.25) is 0 Å². The second kappa shape index (κ2) is 9.02. The summed E-state index contributed by atoms with van der Waals surface area (Å²) in [5.74, 6) is -0.182. The lowest BCUT2D eigenvalue weighted by Gasteiger charge is -2.36. The summed E-state index contributed by atoms with van der Waals surface area (Å²) in [6.45, 7) is 4.31. The van der Waals surface area contributed by atoms with Crippen molar-refractivity contribution in [3.8, 4) is 22.7 Å². The fourth-order valence-corrected chi connectivity index (χ4v) is 4.23. The highest BCUT2D eigenvalue weighted by molar-refractivity contribution is 6.00. The topological polar surface area (TPSA) is 61.6 Å². The van der Waals surface area contributed by atoms with Gasteiger partial charge >= 0.3 is 0 Å². The number of para-hydroxylation sites is 2. The van der Waals surface area contributed by atoms with Crippen molar-refractivity contribution in [1.82, 2.24) is 14.7 Å². The molecule has 34 heavy (non-hydrogen) atoms. The number of nitrogens with zero attached hydrogens (tertiary/aromatic N) is 4. The third kappa shape index (κ3) is 4.24. The molecule has 172 valence electrons. The van der Waals surface area contributed by atoms with E-state index < -0.39 is 0 Å². The average Bonchev–Trinajstić information content (AvgIpc) is 3.30. The fraction of sp³-hybridized carbons (Fsp3) is 0.185. The first kappa shape index (κ1) is 21.7. The van der Waals surface area contributed by atoms with E-state index in [0.717, 1.165) is 16.8 Å². The van der Waals surface area contributed by atoms with Crippen LogP contribution in [0.4, 0.5) is 10.1 Å². The summed E-state index contributed by atoms with van der Waals surface area (Å²) in [7, 11) is 0. The van der Waals surface area contributed by atoms with Gasteiger partial charge in [0.25, 0.3) is 5.91 Å². The highest BCUT2D eigenvalue weighted by Gasteiger charge is 2.27. The molecule has 1 fully saturated rings. The van der Waals surface area contributed by atoms with E-state index in [1.54, 1.807) is 35.1 Å². The summed E-state index contributed by atoms with van der Waals surface area (Å²) < 4.78 is 15.1. The van der Waals surface area contributed by atoms with Crippen molar-refractivity contribution in [3.05, 3.63) is 95.9 Å². The van der Waals surface area contributed by atoms with Gasteiger partial charge in [-0.15, -0.1) is 0 Å². The Bertz CT molecular complexity index is 1310. The van der Waals surface area contributed by atoms with Gasteiger partial charge in [-0.25, -0.2) is 9.07 Å². The van der Waals surface area contributed by atoms with Gasteiger partial charge in [-0.3, -0.25) is 4.79 Å². The van der Waals surface area contributed by atoms with Gasteiger partial charge in [0.1, 0.15) is 17.3 Å². The monoisotopic (exact) mass is 456 g/mol. The minimum absolute atomic E-state index is 0.0964. The Balaban J connectivity index is 1.43.